The second-order valence-electron chi connectivity index (χ2n) is 34.6. The largest absolute Gasteiger partial charge is 0.397 e. The molecular weight excluding hydrogens is 1940 g/mol. The molecule has 0 saturated carbocycles. The van der Waals surface area contributed by atoms with Gasteiger partial charge in [0.05, 0.1) is 126 Å². The molecule has 0 amide bonds. The van der Waals surface area contributed by atoms with Crippen LogP contribution < -0.4 is 0 Å². The molecule has 782 valence electrons. The Bertz CT molecular complexity index is 4960. The normalized spacial score (nSPS) is 38.4. The van der Waals surface area contributed by atoms with Gasteiger partial charge >= 0.3 is 31.2 Å². The summed E-state index contributed by atoms with van der Waals surface area (Å²) in [5.41, 5.74) is 33.7. The molecule has 12 rings (SSSR count). The number of rotatable bonds is 48. The molecule has 0 aliphatic carbocycles. The zero-order chi connectivity index (χ0) is 101. The molecule has 0 aromatic heterocycles. The molecular formula is C83H117N9O45S3. The van der Waals surface area contributed by atoms with Gasteiger partial charge in [-0.05, 0) is 90.2 Å². The third-order valence-electron chi connectivity index (χ3n) is 25.8. The first-order chi connectivity index (χ1) is 67.0. The van der Waals surface area contributed by atoms with Crippen LogP contribution in [-0.2, 0) is 205 Å². The Morgan fingerprint density at radius 1 is 0.300 bits per heavy atom. The van der Waals surface area contributed by atoms with Gasteiger partial charge in [-0.1, -0.05) is 198 Å². The molecule has 8 fully saturated rings. The Hall–Kier alpha value is -6.90. The smallest absolute Gasteiger partial charge is 0.394 e. The molecule has 8 heterocycles. The number of aliphatic hydroxyl groups excluding tert-OH is 1. The van der Waals surface area contributed by atoms with Crippen LogP contribution in [0, 0.1) is 35.5 Å². The van der Waals surface area contributed by atoms with Crippen LogP contribution >= 0.6 is 0 Å². The Morgan fingerprint density at radius 2 is 0.550 bits per heavy atom. The van der Waals surface area contributed by atoms with Crippen LogP contribution in [0.5, 0.6) is 0 Å². The first-order valence-electron chi connectivity index (χ1n) is 44.5. The van der Waals surface area contributed by atoms with E-state index in [0.717, 1.165) is 5.56 Å². The van der Waals surface area contributed by atoms with Crippen LogP contribution in [0.4, 0.5) is 0 Å². The predicted molar refractivity (Wildman–Crippen MR) is 461 cm³/mol. The second-order valence-corrected chi connectivity index (χ2v) is 37.9. The minimum Gasteiger partial charge on any atom is -0.394 e. The van der Waals surface area contributed by atoms with Crippen molar-refractivity contribution < 1.29 is 212 Å². The lowest BCUT2D eigenvalue weighted by atomic mass is 9.84. The van der Waals surface area contributed by atoms with Gasteiger partial charge in [-0.3, -0.25) is 13.7 Å². The molecule has 8 saturated heterocycles. The Balaban J connectivity index is 0.810. The number of aliphatic hydroxyl groups is 1. The first kappa shape index (κ1) is 112. The second kappa shape index (κ2) is 52.4. The molecule has 8 N–H and O–H groups in total. The number of hydrogen-bond donors (Lipinski definition) is 8. The van der Waals surface area contributed by atoms with Gasteiger partial charge in [0, 0.05) is 33.7 Å². The van der Waals surface area contributed by atoms with E-state index >= 15 is 0 Å². The van der Waals surface area contributed by atoms with Crippen LogP contribution in [0.15, 0.2) is 137 Å². The highest BCUT2D eigenvalue weighted by Gasteiger charge is 2.61. The third-order valence-corrected chi connectivity index (χ3v) is 27.1. The van der Waals surface area contributed by atoms with E-state index in [1.807, 2.05) is 18.2 Å². The number of azide groups is 3. The quantitative estimate of drug-likeness (QED) is 0.00518. The van der Waals surface area contributed by atoms with Gasteiger partial charge in [0.15, 0.2) is 74.7 Å². The summed E-state index contributed by atoms with van der Waals surface area (Å²) in [6.07, 6.45) is -47.1. The van der Waals surface area contributed by atoms with Crippen molar-refractivity contribution in [2.24, 2.45) is 50.9 Å². The van der Waals surface area contributed by atoms with Gasteiger partial charge < -0.3 is 99.8 Å². The van der Waals surface area contributed by atoms with Crippen LogP contribution in [0.1, 0.15) is 91.5 Å². The van der Waals surface area contributed by atoms with E-state index in [4.69, 9.17) is 127 Å². The summed E-state index contributed by atoms with van der Waals surface area (Å²) in [5, 5.41) is 81.9. The maximum Gasteiger partial charge on any atom is 0.397 e. The molecule has 8 aliphatic heterocycles. The highest BCUT2D eigenvalue weighted by molar-refractivity contribution is 7.81. The van der Waals surface area contributed by atoms with Crippen LogP contribution in [0.3, 0.4) is 0 Å². The zero-order valence-corrected chi connectivity index (χ0v) is 79.7. The van der Waals surface area contributed by atoms with E-state index in [1.54, 1.807) is 138 Å². The van der Waals surface area contributed by atoms with E-state index in [0.29, 0.717) is 16.7 Å². The number of benzene rings is 4. The number of nitrogens with zero attached hydrogens (tertiary/aromatic N) is 9. The lowest BCUT2D eigenvalue weighted by Gasteiger charge is -2.52. The van der Waals surface area contributed by atoms with Crippen molar-refractivity contribution in [3.63, 3.8) is 0 Å². The average Bonchev–Trinajstić information content (AvgIpc) is 0.756. The first-order valence-corrected chi connectivity index (χ1v) is 48.6. The van der Waals surface area contributed by atoms with E-state index in [-0.39, 0.29) is 26.4 Å². The minimum absolute atomic E-state index is 0.0332. The van der Waals surface area contributed by atoms with Gasteiger partial charge in [0.2, 0.25) is 0 Å². The monoisotopic (exact) mass is 2060 g/mol. The SMILES string of the molecule is CO[C@H]1OC(COS(=O)(=O)O)[C@@H](O[C@@H]2OC(C)C(O[C@@H]3OC(CO)[C@@H](O[C@@H]4OC(C)[C@@H](O[C@@H]5OC(COS(=O)(=O)O)[C@@H](O[C@@H]6OC(C)[C@@H](O[C@@H]7OC(COS(=O)(=O)O)[C@@H](O[C@@H]8OC(C)[C@@H](C)[C@@H](OCc9ccccc9)C8OOO)[C@H](C)C7N=[N+]=[N-])[C@@H](OCc7ccccc7)C6OOO)[C@H](C)C5N=[N+]=[N-])[C@@H](OCc5ccccc5)C4OOO)[C@H](C)C3N=[N+]=[N-])[C@@H](OCc3ccccc3)C2OOO)[C@H](C)C1C. The number of ether oxygens (including phenoxy) is 20. The van der Waals surface area contributed by atoms with Crippen molar-refractivity contribution in [3.05, 3.63) is 175 Å². The van der Waals surface area contributed by atoms with Crippen molar-refractivity contribution in [1.82, 2.24) is 0 Å². The number of hydrogen-bond acceptors (Lipinski definition) is 45. The molecule has 40 atom stereocenters. The fourth-order valence-corrected chi connectivity index (χ4v) is 19.3. The van der Waals surface area contributed by atoms with E-state index in [1.165, 1.54) is 41.7 Å². The van der Waals surface area contributed by atoms with Crippen molar-refractivity contribution >= 4 is 31.2 Å². The topological polar surface area (TPSA) is 697 Å². The molecule has 0 radical (unpaired) electrons. The molecule has 8 aliphatic rings. The van der Waals surface area contributed by atoms with Crippen molar-refractivity contribution in [1.29, 1.82) is 0 Å². The summed E-state index contributed by atoms with van der Waals surface area (Å²) in [6.45, 7) is 11.3. The van der Waals surface area contributed by atoms with Gasteiger partial charge in [-0.2, -0.15) is 44.8 Å². The summed E-state index contributed by atoms with van der Waals surface area (Å²) in [4.78, 5) is 31.4. The Kier molecular flexibility index (Phi) is 41.9. The van der Waals surface area contributed by atoms with Gasteiger partial charge in [0.25, 0.3) is 0 Å². The molecule has 140 heavy (non-hydrogen) atoms. The predicted octanol–water partition coefficient (Wildman–Crippen LogP) is 8.01. The lowest BCUT2D eigenvalue weighted by molar-refractivity contribution is -0.537. The molecule has 4 aromatic rings. The Labute approximate surface area is 803 Å². The molecule has 57 heteroatoms. The summed E-state index contributed by atoms with van der Waals surface area (Å²) in [7, 11) is -14.4. The van der Waals surface area contributed by atoms with Crippen LogP contribution in [-0.4, -0.2) is 307 Å². The summed E-state index contributed by atoms with van der Waals surface area (Å²) < 4.78 is 250. The maximum absolute atomic E-state index is 12.8. The maximum atomic E-state index is 12.8. The molecule has 0 bridgehead atoms. The summed E-state index contributed by atoms with van der Waals surface area (Å²) in [6, 6.07) is 30.0. The van der Waals surface area contributed by atoms with Crippen molar-refractivity contribution in [3.8, 4) is 0 Å². The van der Waals surface area contributed by atoms with Gasteiger partial charge in [-0.25, -0.2) is 33.6 Å². The van der Waals surface area contributed by atoms with Crippen LogP contribution in [0.25, 0.3) is 31.3 Å². The van der Waals surface area contributed by atoms with E-state index < -0.39 is 302 Å². The standard InChI is InChI=1S/C83H117N9O45S3/c1-40-41(2)76(107-11)120-55(37-112-138(98,99)100)61(40)123-81-73(131-135-95)69(109-34-51-26-18-13-19-27-51)66(47(8)116-81)127-77-58(87-90-84)43(4)62(54(32-93)119-77)124-82-74(132-136-96)70(110-35-52-28-20-14-21-29-52)67(48(9)117-82)128-79-60(89-92-86)45(6)64(57(122-79)39-114-140(104,105)106)126-83-75(133-137-97)71(111-36-53-30-22-15-23-31-53)68(49(10)118-83)129-78-59(88-91-85)44(5)63(56(121-78)38-113-139(101,102)103)125-80-72(130-134-94)65(42(3)46(7)115-80)108-33-50-24-16-12-17-25-50/h12-31,40-49,54-83,93-97H,32-39H2,1-11H3,(H,98,99,100)(H,101,102,103)(H,104,105,106)/t40-,41?,42-,43-,44-,45-,46?,47?,48?,49?,54?,55?,56?,57?,58?,59?,60?,61+,62+,63+,64+,65-,66?,67-,68-,69-,70-,71-,72?,73?,74?,75?,76+,77+,78+,79+,80+,81+,82+,83+/m1/s1. The van der Waals surface area contributed by atoms with E-state index in [9.17, 15) is 81.6 Å². The summed E-state index contributed by atoms with van der Waals surface area (Å²) in [5.74, 6) is -5.09. The highest BCUT2D eigenvalue weighted by atomic mass is 32.3. The molecule has 54 nitrogen and oxygen atoms in total. The molecule has 4 aromatic carbocycles. The lowest BCUT2D eigenvalue weighted by Crippen LogP contribution is -2.66. The minimum atomic E-state index is -5.42. The average molecular weight is 2060 g/mol. The molecule has 0 spiro atoms. The highest BCUT2D eigenvalue weighted by Crippen LogP contribution is 2.46. The van der Waals surface area contributed by atoms with Crippen molar-refractivity contribution in [2.75, 3.05) is 33.5 Å². The fourth-order valence-electron chi connectivity index (χ4n) is 18.3. The molecule has 17 unspecified atom stereocenters. The Morgan fingerprint density at radius 3 is 0.821 bits per heavy atom. The van der Waals surface area contributed by atoms with Gasteiger partial charge in [0.1, 0.15) is 61.0 Å². The zero-order valence-electron chi connectivity index (χ0n) is 77.2. The number of methoxy groups -OCH3 is 1. The van der Waals surface area contributed by atoms with Crippen LogP contribution in [0.2, 0.25) is 0 Å². The summed E-state index contributed by atoms with van der Waals surface area (Å²) >= 11 is 0. The van der Waals surface area contributed by atoms with Crippen molar-refractivity contribution in [2.45, 2.75) is 305 Å². The van der Waals surface area contributed by atoms with E-state index in [2.05, 4.69) is 50.2 Å². The third kappa shape index (κ3) is 29.1. The van der Waals surface area contributed by atoms with Gasteiger partial charge in [-0.15, -0.1) is 0 Å². The fraction of sp³-hybridized carbons (Fsp3) is 0.711.